The number of aliphatic hydroxyl groups excluding tert-OH is 1. The first kappa shape index (κ1) is 16.8. The second-order valence-electron chi connectivity index (χ2n) is 5.10. The van der Waals surface area contributed by atoms with Crippen molar-refractivity contribution in [2.24, 2.45) is 0 Å². The summed E-state index contributed by atoms with van der Waals surface area (Å²) in [5, 5.41) is 14.8. The van der Waals surface area contributed by atoms with Crippen LogP contribution in [-0.2, 0) is 11.3 Å². The van der Waals surface area contributed by atoms with Gasteiger partial charge in [-0.05, 0) is 30.7 Å². The summed E-state index contributed by atoms with van der Waals surface area (Å²) in [6.07, 6.45) is -1.03. The van der Waals surface area contributed by atoms with E-state index in [9.17, 15) is 9.90 Å². The van der Waals surface area contributed by atoms with Crippen LogP contribution in [-0.4, -0.2) is 28.1 Å². The third-order valence-electron chi connectivity index (χ3n) is 3.14. The average molecular weight is 343 g/mol. The number of amides is 1. The van der Waals surface area contributed by atoms with Crippen LogP contribution in [0.15, 0.2) is 28.8 Å². The van der Waals surface area contributed by atoms with Crippen molar-refractivity contribution in [3.05, 3.63) is 51.3 Å². The molecule has 0 aliphatic rings. The van der Waals surface area contributed by atoms with Gasteiger partial charge in [0.2, 0.25) is 5.91 Å². The minimum Gasteiger partial charge on any atom is -0.388 e. The molecule has 0 aliphatic heterocycles. The first-order valence-electron chi connectivity index (χ1n) is 6.65. The van der Waals surface area contributed by atoms with Crippen LogP contribution in [0.2, 0.25) is 10.0 Å². The lowest BCUT2D eigenvalue weighted by molar-refractivity contribution is -0.132. The standard InChI is InChI=1S/C15H16Cl2N2O3/c1-9-3-13(18-22-9)8-19(2)15(21)7-14(20)10-4-11(16)6-12(17)5-10/h3-6,14,20H,7-8H2,1-2H3. The molecule has 0 saturated heterocycles. The van der Waals surface area contributed by atoms with Crippen LogP contribution in [0.1, 0.15) is 29.5 Å². The zero-order valence-corrected chi connectivity index (χ0v) is 13.7. The fraction of sp³-hybridized carbons (Fsp3) is 0.333. The maximum Gasteiger partial charge on any atom is 0.225 e. The first-order chi connectivity index (χ1) is 10.3. The molecule has 5 nitrogen and oxygen atoms in total. The molecule has 2 aromatic rings. The van der Waals surface area contributed by atoms with E-state index in [-0.39, 0.29) is 12.3 Å². The number of benzene rings is 1. The van der Waals surface area contributed by atoms with Crippen molar-refractivity contribution in [1.29, 1.82) is 0 Å². The zero-order chi connectivity index (χ0) is 16.3. The number of carbonyl (C=O) groups is 1. The van der Waals surface area contributed by atoms with E-state index < -0.39 is 6.10 Å². The number of rotatable bonds is 5. The van der Waals surface area contributed by atoms with Gasteiger partial charge in [-0.1, -0.05) is 28.4 Å². The van der Waals surface area contributed by atoms with Gasteiger partial charge in [-0.3, -0.25) is 4.79 Å². The topological polar surface area (TPSA) is 66.6 Å². The van der Waals surface area contributed by atoms with Crippen LogP contribution in [0.25, 0.3) is 0 Å². The number of carbonyl (C=O) groups excluding carboxylic acids is 1. The lowest BCUT2D eigenvalue weighted by Gasteiger charge is -2.18. The van der Waals surface area contributed by atoms with E-state index in [4.69, 9.17) is 27.7 Å². The molecule has 1 atom stereocenters. The Kier molecular flexibility index (Phi) is 5.45. The van der Waals surface area contributed by atoms with E-state index in [0.717, 1.165) is 0 Å². The van der Waals surface area contributed by atoms with Gasteiger partial charge in [0.25, 0.3) is 0 Å². The molecule has 1 N–H and O–H groups in total. The molecule has 0 spiro atoms. The predicted molar refractivity (Wildman–Crippen MR) is 83.8 cm³/mol. The van der Waals surface area contributed by atoms with Gasteiger partial charge in [0.15, 0.2) is 0 Å². The Bertz CT molecular complexity index is 652. The molecule has 0 aliphatic carbocycles. The van der Waals surface area contributed by atoms with Crippen molar-refractivity contribution >= 4 is 29.1 Å². The van der Waals surface area contributed by atoms with Gasteiger partial charge in [-0.2, -0.15) is 0 Å². The number of hydrogen-bond acceptors (Lipinski definition) is 4. The minimum absolute atomic E-state index is 0.0655. The first-order valence-corrected chi connectivity index (χ1v) is 7.41. The molecule has 0 fully saturated rings. The van der Waals surface area contributed by atoms with Gasteiger partial charge in [-0.25, -0.2) is 0 Å². The second kappa shape index (κ2) is 7.13. The van der Waals surface area contributed by atoms with Crippen molar-refractivity contribution in [3.8, 4) is 0 Å². The Morgan fingerprint density at radius 2 is 1.95 bits per heavy atom. The van der Waals surface area contributed by atoms with Gasteiger partial charge in [0, 0.05) is 23.2 Å². The van der Waals surface area contributed by atoms with Crippen LogP contribution in [0.4, 0.5) is 0 Å². The Balaban J connectivity index is 1.98. The fourth-order valence-corrected chi connectivity index (χ4v) is 2.57. The highest BCUT2D eigenvalue weighted by molar-refractivity contribution is 6.34. The maximum absolute atomic E-state index is 12.1. The predicted octanol–water partition coefficient (Wildman–Crippen LogP) is 3.37. The molecule has 7 heteroatoms. The number of aliphatic hydroxyl groups is 1. The van der Waals surface area contributed by atoms with Gasteiger partial charge in [-0.15, -0.1) is 0 Å². The Hall–Kier alpha value is -1.56. The molecule has 0 saturated carbocycles. The summed E-state index contributed by atoms with van der Waals surface area (Å²) in [6, 6.07) is 6.51. The summed E-state index contributed by atoms with van der Waals surface area (Å²) in [4.78, 5) is 13.6. The van der Waals surface area contributed by atoms with Crippen LogP contribution in [0, 0.1) is 6.92 Å². The molecule has 0 bridgehead atoms. The molecule has 1 amide bonds. The van der Waals surface area contributed by atoms with Crippen molar-refractivity contribution in [2.45, 2.75) is 26.0 Å². The van der Waals surface area contributed by atoms with Crippen LogP contribution in [0.5, 0.6) is 0 Å². The van der Waals surface area contributed by atoms with Crippen molar-refractivity contribution in [2.75, 3.05) is 7.05 Å². The van der Waals surface area contributed by atoms with Crippen LogP contribution < -0.4 is 0 Å². The molecule has 0 radical (unpaired) electrons. The second-order valence-corrected chi connectivity index (χ2v) is 5.97. The van der Waals surface area contributed by atoms with Gasteiger partial charge in [0.05, 0.1) is 19.1 Å². The summed E-state index contributed by atoms with van der Waals surface area (Å²) < 4.78 is 4.96. The summed E-state index contributed by atoms with van der Waals surface area (Å²) in [5.74, 6) is 0.466. The summed E-state index contributed by atoms with van der Waals surface area (Å²) >= 11 is 11.8. The number of aryl methyl sites for hydroxylation is 1. The largest absolute Gasteiger partial charge is 0.388 e. The molecule has 22 heavy (non-hydrogen) atoms. The fourth-order valence-electron chi connectivity index (χ4n) is 2.03. The molecule has 118 valence electrons. The van der Waals surface area contributed by atoms with E-state index >= 15 is 0 Å². The van der Waals surface area contributed by atoms with E-state index in [1.165, 1.54) is 4.90 Å². The number of hydrogen-bond donors (Lipinski definition) is 1. The van der Waals surface area contributed by atoms with Crippen molar-refractivity contribution < 1.29 is 14.4 Å². The van der Waals surface area contributed by atoms with E-state index in [1.54, 1.807) is 38.2 Å². The SMILES string of the molecule is Cc1cc(CN(C)C(=O)CC(O)c2cc(Cl)cc(Cl)c2)no1. The smallest absolute Gasteiger partial charge is 0.225 e. The number of aromatic nitrogens is 1. The average Bonchev–Trinajstić information content (AvgIpc) is 2.82. The van der Waals surface area contributed by atoms with Gasteiger partial charge < -0.3 is 14.5 Å². The molecule has 1 heterocycles. The highest BCUT2D eigenvalue weighted by Gasteiger charge is 2.18. The lowest BCUT2D eigenvalue weighted by Crippen LogP contribution is -2.27. The Labute approximate surface area is 138 Å². The zero-order valence-electron chi connectivity index (χ0n) is 12.2. The van der Waals surface area contributed by atoms with Crippen LogP contribution in [0.3, 0.4) is 0 Å². The maximum atomic E-state index is 12.1. The lowest BCUT2D eigenvalue weighted by atomic mass is 10.1. The third-order valence-corrected chi connectivity index (χ3v) is 3.58. The molecular weight excluding hydrogens is 327 g/mol. The molecule has 1 unspecified atom stereocenters. The number of nitrogens with zero attached hydrogens (tertiary/aromatic N) is 2. The quantitative estimate of drug-likeness (QED) is 0.904. The van der Waals surface area contributed by atoms with E-state index in [1.807, 2.05) is 0 Å². The number of halogens is 2. The van der Waals surface area contributed by atoms with Gasteiger partial charge in [0.1, 0.15) is 11.5 Å². The highest BCUT2D eigenvalue weighted by atomic mass is 35.5. The van der Waals surface area contributed by atoms with Crippen LogP contribution >= 0.6 is 23.2 Å². The summed E-state index contributed by atoms with van der Waals surface area (Å²) in [7, 11) is 1.64. The van der Waals surface area contributed by atoms with E-state index in [2.05, 4.69) is 5.16 Å². The Morgan fingerprint density at radius 3 is 2.50 bits per heavy atom. The van der Waals surface area contributed by atoms with Gasteiger partial charge >= 0.3 is 0 Å². The molecule has 2 rings (SSSR count). The highest BCUT2D eigenvalue weighted by Crippen LogP contribution is 2.25. The van der Waals surface area contributed by atoms with E-state index in [0.29, 0.717) is 33.6 Å². The van der Waals surface area contributed by atoms with Crippen molar-refractivity contribution in [1.82, 2.24) is 10.1 Å². The normalized spacial score (nSPS) is 12.2. The Morgan fingerprint density at radius 1 is 1.32 bits per heavy atom. The molecule has 1 aromatic carbocycles. The molecular formula is C15H16Cl2N2O3. The summed E-state index contributed by atoms with van der Waals surface area (Å²) in [5.41, 5.74) is 1.17. The minimum atomic E-state index is -0.967. The van der Waals surface area contributed by atoms with Crippen molar-refractivity contribution in [3.63, 3.8) is 0 Å². The monoisotopic (exact) mass is 342 g/mol. The summed E-state index contributed by atoms with van der Waals surface area (Å²) in [6.45, 7) is 2.10. The third kappa shape index (κ3) is 4.47. The molecule has 1 aromatic heterocycles.